The standard InChI is InChI=1S/C37H57NO8/c1-2-3-4-5-6-7-8-9-10-11-12-13-14-15-16-17-23-45-34-26-31(38(29-36(40)41)30-37(42)43)27-35(28-34)46-25-18-24-44-33-21-19-32(39)20-22-33/h19-22,26-28,39H,2-18,23-25,29-30H2,1H3,(H,40,41)(H,42,43). The zero-order chi connectivity index (χ0) is 33.2. The summed E-state index contributed by atoms with van der Waals surface area (Å²) in [5.41, 5.74) is 0.407. The number of phenols is 1. The second-order valence-electron chi connectivity index (χ2n) is 12.0. The Morgan fingerprint density at radius 2 is 0.935 bits per heavy atom. The van der Waals surface area contributed by atoms with Crippen LogP contribution in [0.15, 0.2) is 42.5 Å². The third kappa shape index (κ3) is 19.0. The van der Waals surface area contributed by atoms with Crippen molar-refractivity contribution in [3.05, 3.63) is 42.5 Å². The molecule has 0 saturated carbocycles. The Morgan fingerprint density at radius 1 is 0.543 bits per heavy atom. The number of ether oxygens (including phenoxy) is 3. The molecule has 2 aromatic carbocycles. The van der Waals surface area contributed by atoms with Crippen LogP contribution < -0.4 is 19.1 Å². The van der Waals surface area contributed by atoms with Crippen LogP contribution in [0.1, 0.15) is 116 Å². The van der Waals surface area contributed by atoms with Crippen LogP contribution >= 0.6 is 0 Å². The summed E-state index contributed by atoms with van der Waals surface area (Å²) in [5.74, 6) is -0.477. The third-order valence-corrected chi connectivity index (χ3v) is 7.81. The number of aromatic hydroxyl groups is 1. The van der Waals surface area contributed by atoms with Crippen LogP contribution in [0.3, 0.4) is 0 Å². The van der Waals surface area contributed by atoms with E-state index in [1.165, 1.54) is 94.8 Å². The molecule has 0 amide bonds. The van der Waals surface area contributed by atoms with Gasteiger partial charge in [-0.2, -0.15) is 0 Å². The number of rotatable bonds is 29. The molecule has 0 saturated heterocycles. The zero-order valence-corrected chi connectivity index (χ0v) is 27.9. The molecule has 9 heteroatoms. The van der Waals surface area contributed by atoms with Crippen molar-refractivity contribution in [1.82, 2.24) is 0 Å². The van der Waals surface area contributed by atoms with Crippen molar-refractivity contribution in [2.45, 2.75) is 116 Å². The highest BCUT2D eigenvalue weighted by atomic mass is 16.5. The Kier molecular flexibility index (Phi) is 20.6. The summed E-state index contributed by atoms with van der Waals surface area (Å²) >= 11 is 0. The molecule has 258 valence electrons. The largest absolute Gasteiger partial charge is 0.508 e. The number of carbonyl (C=O) groups is 2. The van der Waals surface area contributed by atoms with Crippen LogP contribution in [0.2, 0.25) is 0 Å². The van der Waals surface area contributed by atoms with Crippen molar-refractivity contribution in [2.24, 2.45) is 0 Å². The van der Waals surface area contributed by atoms with Crippen molar-refractivity contribution < 1.29 is 39.1 Å². The van der Waals surface area contributed by atoms with E-state index in [4.69, 9.17) is 14.2 Å². The number of phenolic OH excluding ortho intramolecular Hbond substituents is 1. The van der Waals surface area contributed by atoms with Gasteiger partial charge in [-0.25, -0.2) is 0 Å². The number of hydrogen-bond donors (Lipinski definition) is 3. The Morgan fingerprint density at radius 3 is 1.37 bits per heavy atom. The highest BCUT2D eigenvalue weighted by molar-refractivity contribution is 5.80. The summed E-state index contributed by atoms with van der Waals surface area (Å²) in [5, 5.41) is 28.1. The molecule has 2 rings (SSSR count). The van der Waals surface area contributed by atoms with Gasteiger partial charge >= 0.3 is 11.9 Å². The second-order valence-corrected chi connectivity index (χ2v) is 12.0. The van der Waals surface area contributed by atoms with Gasteiger partial charge in [0.25, 0.3) is 0 Å². The molecule has 0 spiro atoms. The summed E-state index contributed by atoms with van der Waals surface area (Å²) in [6.07, 6.45) is 21.3. The summed E-state index contributed by atoms with van der Waals surface area (Å²) in [4.78, 5) is 24.1. The van der Waals surface area contributed by atoms with Crippen LogP contribution in [0.4, 0.5) is 5.69 Å². The molecule has 0 unspecified atom stereocenters. The Balaban J connectivity index is 1.72. The van der Waals surface area contributed by atoms with Crippen molar-refractivity contribution in [3.8, 4) is 23.0 Å². The number of aliphatic carboxylic acids is 2. The molecule has 0 aliphatic carbocycles. The molecule has 2 aromatic rings. The van der Waals surface area contributed by atoms with Gasteiger partial charge in [0.15, 0.2) is 0 Å². The molecule has 0 atom stereocenters. The molecular formula is C37H57NO8. The maximum absolute atomic E-state index is 11.4. The fourth-order valence-corrected chi connectivity index (χ4v) is 5.29. The number of hydrogen-bond acceptors (Lipinski definition) is 7. The number of carboxylic acids is 2. The summed E-state index contributed by atoms with van der Waals surface area (Å²) in [6.45, 7) is 2.58. The molecule has 0 heterocycles. The number of nitrogens with zero attached hydrogens (tertiary/aromatic N) is 1. The molecule has 0 fully saturated rings. The summed E-state index contributed by atoms with van der Waals surface area (Å²) in [7, 11) is 0. The maximum atomic E-state index is 11.4. The monoisotopic (exact) mass is 643 g/mol. The predicted molar refractivity (Wildman–Crippen MR) is 183 cm³/mol. The number of unbranched alkanes of at least 4 members (excludes halogenated alkanes) is 15. The smallest absolute Gasteiger partial charge is 0.323 e. The lowest BCUT2D eigenvalue weighted by Crippen LogP contribution is -2.34. The maximum Gasteiger partial charge on any atom is 0.323 e. The molecule has 9 nitrogen and oxygen atoms in total. The number of benzene rings is 2. The molecule has 0 bridgehead atoms. The van der Waals surface area contributed by atoms with Gasteiger partial charge in [-0.1, -0.05) is 103 Å². The summed E-state index contributed by atoms with van der Waals surface area (Å²) in [6, 6.07) is 11.5. The van der Waals surface area contributed by atoms with Crippen LogP contribution in [0.25, 0.3) is 0 Å². The van der Waals surface area contributed by atoms with E-state index < -0.39 is 25.0 Å². The van der Waals surface area contributed by atoms with Crippen LogP contribution in [0.5, 0.6) is 23.0 Å². The first-order valence-corrected chi connectivity index (χ1v) is 17.4. The lowest BCUT2D eigenvalue weighted by molar-refractivity contribution is -0.136. The average molecular weight is 644 g/mol. The Labute approximate surface area is 275 Å². The highest BCUT2D eigenvalue weighted by Gasteiger charge is 2.17. The van der Waals surface area contributed by atoms with Gasteiger partial charge in [-0.15, -0.1) is 0 Å². The van der Waals surface area contributed by atoms with Gasteiger partial charge in [-0.05, 0) is 30.7 Å². The minimum Gasteiger partial charge on any atom is -0.508 e. The first-order valence-electron chi connectivity index (χ1n) is 17.4. The van der Waals surface area contributed by atoms with E-state index in [9.17, 15) is 24.9 Å². The Hall–Kier alpha value is -3.62. The topological polar surface area (TPSA) is 126 Å². The Bertz CT molecular complexity index is 1080. The summed E-state index contributed by atoms with van der Waals surface area (Å²) < 4.78 is 17.6. The van der Waals surface area contributed by atoms with Gasteiger partial charge in [0.1, 0.15) is 36.1 Å². The number of anilines is 1. The van der Waals surface area contributed by atoms with Crippen molar-refractivity contribution >= 4 is 17.6 Å². The zero-order valence-electron chi connectivity index (χ0n) is 27.9. The van der Waals surface area contributed by atoms with E-state index in [1.807, 2.05) is 0 Å². The third-order valence-electron chi connectivity index (χ3n) is 7.81. The average Bonchev–Trinajstić information content (AvgIpc) is 3.02. The molecule has 46 heavy (non-hydrogen) atoms. The van der Waals surface area contributed by atoms with E-state index in [2.05, 4.69) is 6.92 Å². The van der Waals surface area contributed by atoms with Gasteiger partial charge in [0.05, 0.1) is 19.8 Å². The van der Waals surface area contributed by atoms with Gasteiger partial charge in [-0.3, -0.25) is 9.59 Å². The minimum atomic E-state index is -1.13. The normalized spacial score (nSPS) is 10.9. The first kappa shape index (κ1) is 38.6. The van der Waals surface area contributed by atoms with Crippen molar-refractivity contribution in [1.29, 1.82) is 0 Å². The van der Waals surface area contributed by atoms with E-state index in [-0.39, 0.29) is 5.75 Å². The van der Waals surface area contributed by atoms with Crippen LogP contribution in [-0.4, -0.2) is 60.2 Å². The van der Waals surface area contributed by atoms with Crippen molar-refractivity contribution in [2.75, 3.05) is 37.8 Å². The number of carboxylic acid groups (broad SMARTS) is 2. The minimum absolute atomic E-state index is 0.170. The SMILES string of the molecule is CCCCCCCCCCCCCCCCCCOc1cc(OCCCOc2ccc(O)cc2)cc(N(CC(=O)O)CC(=O)O)c1. The molecule has 0 radical (unpaired) electrons. The van der Waals surface area contributed by atoms with Crippen molar-refractivity contribution in [3.63, 3.8) is 0 Å². The predicted octanol–water partition coefficient (Wildman–Crippen LogP) is 8.86. The fraction of sp³-hybridized carbons (Fsp3) is 0.622. The lowest BCUT2D eigenvalue weighted by atomic mass is 10.0. The van der Waals surface area contributed by atoms with Gasteiger partial charge < -0.3 is 34.4 Å². The van der Waals surface area contributed by atoms with E-state index >= 15 is 0 Å². The molecule has 3 N–H and O–H groups in total. The molecule has 0 aliphatic rings. The molecule has 0 aliphatic heterocycles. The second kappa shape index (κ2) is 24.6. The fourth-order valence-electron chi connectivity index (χ4n) is 5.29. The van der Waals surface area contributed by atoms with Gasteiger partial charge in [0.2, 0.25) is 0 Å². The first-order chi connectivity index (χ1) is 22.4. The quantitative estimate of drug-likeness (QED) is 0.0745. The van der Waals surface area contributed by atoms with Gasteiger partial charge in [0, 0.05) is 30.3 Å². The highest BCUT2D eigenvalue weighted by Crippen LogP contribution is 2.29. The van der Waals surface area contributed by atoms with Crippen LogP contribution in [-0.2, 0) is 9.59 Å². The van der Waals surface area contributed by atoms with E-state index in [0.717, 1.165) is 12.8 Å². The van der Waals surface area contributed by atoms with E-state index in [0.29, 0.717) is 49.2 Å². The van der Waals surface area contributed by atoms with E-state index in [1.54, 1.807) is 42.5 Å². The molecule has 0 aromatic heterocycles. The molecular weight excluding hydrogens is 586 g/mol. The lowest BCUT2D eigenvalue weighted by Gasteiger charge is -2.22. The van der Waals surface area contributed by atoms with Crippen LogP contribution in [0, 0.1) is 0 Å².